The molecule has 1 fully saturated rings. The topological polar surface area (TPSA) is 69.9 Å². The van der Waals surface area contributed by atoms with Crippen LogP contribution in [0.2, 0.25) is 0 Å². The van der Waals surface area contributed by atoms with Gasteiger partial charge in [-0.2, -0.15) is 0 Å². The third-order valence-corrected chi connectivity index (χ3v) is 4.63. The van der Waals surface area contributed by atoms with Crippen LogP contribution in [-0.2, 0) is 4.79 Å². The van der Waals surface area contributed by atoms with E-state index in [2.05, 4.69) is 4.90 Å². The molecule has 132 valence electrons. The smallest absolute Gasteiger partial charge is 0.254 e. The van der Waals surface area contributed by atoms with Crippen molar-refractivity contribution < 1.29 is 9.59 Å². The summed E-state index contributed by atoms with van der Waals surface area (Å²) in [6, 6.07) is 5.43. The molecule has 1 aliphatic heterocycles. The summed E-state index contributed by atoms with van der Waals surface area (Å²) in [6.45, 7) is 10.5. The number of benzene rings is 1. The first-order valence-corrected chi connectivity index (χ1v) is 8.61. The molecule has 2 N–H and O–H groups in total. The molecule has 0 bridgehead atoms. The second-order valence-electron chi connectivity index (χ2n) is 6.21. The fraction of sp³-hybridized carbons (Fsp3) is 0.556. The van der Waals surface area contributed by atoms with E-state index in [0.717, 1.165) is 31.7 Å². The highest BCUT2D eigenvalue weighted by atomic mass is 16.2. The van der Waals surface area contributed by atoms with Gasteiger partial charge in [-0.3, -0.25) is 14.5 Å². The zero-order chi connectivity index (χ0) is 17.7. The Morgan fingerprint density at radius 3 is 2.33 bits per heavy atom. The molecule has 24 heavy (non-hydrogen) atoms. The van der Waals surface area contributed by atoms with E-state index >= 15 is 0 Å². The molecule has 6 nitrogen and oxygen atoms in total. The molecule has 2 amide bonds. The number of nitrogen functional groups attached to an aromatic ring is 1. The molecule has 0 aliphatic carbocycles. The zero-order valence-electron chi connectivity index (χ0n) is 14.9. The average Bonchev–Trinajstić information content (AvgIpc) is 2.58. The lowest BCUT2D eigenvalue weighted by molar-refractivity contribution is -0.132. The molecule has 2 rings (SSSR count). The molecule has 1 saturated heterocycles. The zero-order valence-corrected chi connectivity index (χ0v) is 14.9. The lowest BCUT2D eigenvalue weighted by Crippen LogP contribution is -2.51. The number of rotatable bonds is 5. The van der Waals surface area contributed by atoms with Gasteiger partial charge in [0.25, 0.3) is 5.91 Å². The van der Waals surface area contributed by atoms with Gasteiger partial charge in [0.2, 0.25) is 5.91 Å². The standard InChI is InChI=1S/C18H28N4O2/c1-4-21(5-2)17(23)13-20-8-10-22(11-9-20)18(24)16-12-15(19)7-6-14(16)3/h6-7,12H,4-5,8-11,13,19H2,1-3H3. The molecule has 0 radical (unpaired) electrons. The van der Waals surface area contributed by atoms with E-state index in [9.17, 15) is 9.59 Å². The van der Waals surface area contributed by atoms with E-state index < -0.39 is 0 Å². The summed E-state index contributed by atoms with van der Waals surface area (Å²) >= 11 is 0. The van der Waals surface area contributed by atoms with E-state index in [1.807, 2.05) is 42.7 Å². The van der Waals surface area contributed by atoms with E-state index in [1.54, 1.807) is 6.07 Å². The van der Waals surface area contributed by atoms with Crippen molar-refractivity contribution in [1.82, 2.24) is 14.7 Å². The summed E-state index contributed by atoms with van der Waals surface area (Å²) in [4.78, 5) is 30.7. The fourth-order valence-electron chi connectivity index (χ4n) is 3.02. The largest absolute Gasteiger partial charge is 0.399 e. The summed E-state index contributed by atoms with van der Waals surface area (Å²) in [7, 11) is 0. The van der Waals surface area contributed by atoms with Gasteiger partial charge in [-0.15, -0.1) is 0 Å². The number of nitrogens with two attached hydrogens (primary N) is 1. The maximum atomic E-state index is 12.7. The number of nitrogens with zero attached hydrogens (tertiary/aromatic N) is 3. The Morgan fingerprint density at radius 2 is 1.75 bits per heavy atom. The van der Waals surface area contributed by atoms with Crippen molar-refractivity contribution in [3.63, 3.8) is 0 Å². The van der Waals surface area contributed by atoms with Crippen molar-refractivity contribution in [3.8, 4) is 0 Å². The maximum Gasteiger partial charge on any atom is 0.254 e. The van der Waals surface area contributed by atoms with Gasteiger partial charge < -0.3 is 15.5 Å². The van der Waals surface area contributed by atoms with E-state index in [1.165, 1.54) is 0 Å². The minimum absolute atomic E-state index is 0.0227. The quantitative estimate of drug-likeness (QED) is 0.823. The van der Waals surface area contributed by atoms with Crippen LogP contribution in [0.15, 0.2) is 18.2 Å². The van der Waals surface area contributed by atoms with E-state index in [0.29, 0.717) is 30.9 Å². The van der Waals surface area contributed by atoms with E-state index in [-0.39, 0.29) is 11.8 Å². The first-order chi connectivity index (χ1) is 11.5. The molecule has 1 aromatic carbocycles. The molecule has 1 aromatic rings. The van der Waals surface area contributed by atoms with Crippen molar-refractivity contribution in [2.24, 2.45) is 0 Å². The van der Waals surface area contributed by atoms with Crippen LogP contribution in [0.25, 0.3) is 0 Å². The average molecular weight is 332 g/mol. The van der Waals surface area contributed by atoms with Gasteiger partial charge in [-0.1, -0.05) is 6.07 Å². The molecule has 1 aliphatic rings. The van der Waals surface area contributed by atoms with Gasteiger partial charge in [-0.05, 0) is 38.5 Å². The summed E-state index contributed by atoms with van der Waals surface area (Å²) in [5.41, 5.74) is 8.02. The van der Waals surface area contributed by atoms with Crippen LogP contribution in [0.4, 0.5) is 5.69 Å². The predicted molar refractivity (Wildman–Crippen MR) is 95.9 cm³/mol. The molecular weight excluding hydrogens is 304 g/mol. The number of carbonyl (C=O) groups is 2. The number of carbonyl (C=O) groups excluding carboxylic acids is 2. The van der Waals surface area contributed by atoms with Gasteiger partial charge in [0.15, 0.2) is 0 Å². The van der Waals surface area contributed by atoms with Gasteiger partial charge in [-0.25, -0.2) is 0 Å². The van der Waals surface area contributed by atoms with Gasteiger partial charge in [0.1, 0.15) is 0 Å². The summed E-state index contributed by atoms with van der Waals surface area (Å²) in [6.07, 6.45) is 0. The molecule has 0 aromatic heterocycles. The molecule has 1 heterocycles. The number of piperazine rings is 1. The van der Waals surface area contributed by atoms with E-state index in [4.69, 9.17) is 5.73 Å². The molecule has 0 unspecified atom stereocenters. The molecule has 6 heteroatoms. The van der Waals surface area contributed by atoms with Crippen molar-refractivity contribution in [1.29, 1.82) is 0 Å². The third-order valence-electron chi connectivity index (χ3n) is 4.63. The molecular formula is C18H28N4O2. The second-order valence-corrected chi connectivity index (χ2v) is 6.21. The Labute approximate surface area is 144 Å². The number of hydrogen-bond donors (Lipinski definition) is 1. The Hall–Kier alpha value is -2.08. The Balaban J connectivity index is 1.91. The van der Waals surface area contributed by atoms with Crippen LogP contribution in [0, 0.1) is 6.92 Å². The summed E-state index contributed by atoms with van der Waals surface area (Å²) < 4.78 is 0. The second kappa shape index (κ2) is 8.15. The fourth-order valence-corrected chi connectivity index (χ4v) is 3.02. The highest BCUT2D eigenvalue weighted by Gasteiger charge is 2.25. The van der Waals surface area contributed by atoms with Crippen LogP contribution in [-0.4, -0.2) is 72.3 Å². The van der Waals surface area contributed by atoms with Crippen molar-refractivity contribution in [3.05, 3.63) is 29.3 Å². The number of amides is 2. The molecule has 0 spiro atoms. The van der Waals surface area contributed by atoms with Crippen LogP contribution >= 0.6 is 0 Å². The maximum absolute atomic E-state index is 12.7. The highest BCUT2D eigenvalue weighted by Crippen LogP contribution is 2.16. The van der Waals surface area contributed by atoms with Gasteiger partial charge in [0, 0.05) is 50.5 Å². The number of aryl methyl sites for hydroxylation is 1. The highest BCUT2D eigenvalue weighted by molar-refractivity contribution is 5.96. The first-order valence-electron chi connectivity index (χ1n) is 8.61. The Kier molecular flexibility index (Phi) is 6.20. The van der Waals surface area contributed by atoms with Crippen molar-refractivity contribution in [2.75, 3.05) is 51.5 Å². The number of likely N-dealkylation sites (N-methyl/N-ethyl adjacent to an activating group) is 1. The molecule has 0 atom stereocenters. The monoisotopic (exact) mass is 332 g/mol. The Bertz CT molecular complexity index is 591. The molecule has 0 saturated carbocycles. The van der Waals surface area contributed by atoms with Gasteiger partial charge in [0.05, 0.1) is 6.54 Å². The van der Waals surface area contributed by atoms with Crippen LogP contribution < -0.4 is 5.73 Å². The summed E-state index contributed by atoms with van der Waals surface area (Å²) in [5, 5.41) is 0. The lowest BCUT2D eigenvalue weighted by atomic mass is 10.1. The van der Waals surface area contributed by atoms with Crippen molar-refractivity contribution >= 4 is 17.5 Å². The van der Waals surface area contributed by atoms with Gasteiger partial charge >= 0.3 is 0 Å². The van der Waals surface area contributed by atoms with Crippen LogP contribution in [0.3, 0.4) is 0 Å². The van der Waals surface area contributed by atoms with Crippen LogP contribution in [0.1, 0.15) is 29.8 Å². The van der Waals surface area contributed by atoms with Crippen molar-refractivity contribution in [2.45, 2.75) is 20.8 Å². The predicted octanol–water partition coefficient (Wildman–Crippen LogP) is 1.20. The normalized spacial score (nSPS) is 15.4. The number of hydrogen-bond acceptors (Lipinski definition) is 4. The SMILES string of the molecule is CCN(CC)C(=O)CN1CCN(C(=O)c2cc(N)ccc2C)CC1. The first kappa shape index (κ1) is 18.3. The lowest BCUT2D eigenvalue weighted by Gasteiger charge is -2.35. The Morgan fingerprint density at radius 1 is 1.12 bits per heavy atom. The minimum atomic E-state index is 0.0227. The van der Waals surface area contributed by atoms with Crippen LogP contribution in [0.5, 0.6) is 0 Å². The number of anilines is 1. The minimum Gasteiger partial charge on any atom is -0.399 e. The third kappa shape index (κ3) is 4.26. The summed E-state index contributed by atoms with van der Waals surface area (Å²) in [5.74, 6) is 0.181.